The molecule has 0 spiro atoms. The van der Waals surface area contributed by atoms with Gasteiger partial charge in [-0.15, -0.1) is 10.2 Å². The quantitative estimate of drug-likeness (QED) is 0.371. The van der Waals surface area contributed by atoms with Crippen molar-refractivity contribution in [1.29, 1.82) is 0 Å². The summed E-state index contributed by atoms with van der Waals surface area (Å²) in [5, 5.41) is 13.4. The minimum Gasteiger partial charge on any atom is -0.348 e. The third kappa shape index (κ3) is 4.36. The molecular weight excluding hydrogens is 428 g/mol. The summed E-state index contributed by atoms with van der Waals surface area (Å²) < 4.78 is 2.22. The first-order valence-electron chi connectivity index (χ1n) is 13.0. The van der Waals surface area contributed by atoms with Crippen LogP contribution >= 0.6 is 11.8 Å². The largest absolute Gasteiger partial charge is 0.348 e. The lowest BCUT2D eigenvalue weighted by Gasteiger charge is -2.55. The highest BCUT2D eigenvalue weighted by atomic mass is 32.2. The Kier molecular flexibility index (Phi) is 6.56. The molecule has 2 aromatic rings. The molecule has 178 valence electrons. The Labute approximate surface area is 202 Å². The van der Waals surface area contributed by atoms with Crippen LogP contribution in [0.2, 0.25) is 0 Å². The fourth-order valence-corrected chi connectivity index (χ4v) is 8.14. The SMILES string of the molecule is CCCCSc1nnc(CNC(=O)C23CC4CC(CC(C4)C2)C3)n1-c1c(C)cccc1CC. The van der Waals surface area contributed by atoms with E-state index in [1.54, 1.807) is 11.8 Å². The van der Waals surface area contributed by atoms with Gasteiger partial charge in [0.2, 0.25) is 5.91 Å². The Morgan fingerprint density at radius 3 is 2.45 bits per heavy atom. The highest BCUT2D eigenvalue weighted by Crippen LogP contribution is 2.60. The first-order valence-corrected chi connectivity index (χ1v) is 14.0. The Morgan fingerprint density at radius 2 is 1.82 bits per heavy atom. The Bertz CT molecular complexity index is 978. The van der Waals surface area contributed by atoms with E-state index in [1.165, 1.54) is 42.5 Å². The first-order chi connectivity index (χ1) is 16.0. The lowest BCUT2D eigenvalue weighted by molar-refractivity contribution is -0.146. The third-order valence-electron chi connectivity index (χ3n) is 8.28. The number of rotatable bonds is 9. The number of unbranched alkanes of at least 4 members (excludes halogenated alkanes) is 1. The lowest BCUT2D eigenvalue weighted by Crippen LogP contribution is -2.53. The number of aromatic nitrogens is 3. The summed E-state index contributed by atoms with van der Waals surface area (Å²) in [5.74, 6) is 4.44. The maximum absolute atomic E-state index is 13.6. The van der Waals surface area contributed by atoms with Gasteiger partial charge in [0, 0.05) is 11.2 Å². The van der Waals surface area contributed by atoms with Crippen LogP contribution in [0.5, 0.6) is 0 Å². The summed E-state index contributed by atoms with van der Waals surface area (Å²) in [6.45, 7) is 7.01. The molecule has 1 N–H and O–H groups in total. The summed E-state index contributed by atoms with van der Waals surface area (Å²) in [6.07, 6.45) is 10.6. The van der Waals surface area contributed by atoms with Crippen molar-refractivity contribution in [2.75, 3.05) is 5.75 Å². The molecule has 0 atom stereocenters. The van der Waals surface area contributed by atoms with Gasteiger partial charge in [0.05, 0.1) is 12.2 Å². The molecule has 4 aliphatic carbocycles. The van der Waals surface area contributed by atoms with Crippen LogP contribution in [0.1, 0.15) is 82.2 Å². The van der Waals surface area contributed by atoms with Crippen LogP contribution in [0.25, 0.3) is 5.69 Å². The van der Waals surface area contributed by atoms with Gasteiger partial charge in [0.25, 0.3) is 0 Å². The second-order valence-electron chi connectivity index (χ2n) is 10.8. The molecule has 4 fully saturated rings. The van der Waals surface area contributed by atoms with E-state index in [0.717, 1.165) is 66.6 Å². The van der Waals surface area contributed by atoms with Gasteiger partial charge in [0.1, 0.15) is 0 Å². The average molecular weight is 467 g/mol. The number of thioether (sulfide) groups is 1. The molecule has 1 aromatic carbocycles. The van der Waals surface area contributed by atoms with Crippen LogP contribution in [-0.4, -0.2) is 26.4 Å². The van der Waals surface area contributed by atoms with Gasteiger partial charge in [-0.3, -0.25) is 9.36 Å². The number of nitrogens with one attached hydrogen (secondary N) is 1. The van der Waals surface area contributed by atoms with Gasteiger partial charge < -0.3 is 5.32 Å². The van der Waals surface area contributed by atoms with Crippen molar-refractivity contribution in [2.45, 2.75) is 90.3 Å². The number of carbonyl (C=O) groups excluding carboxylic acids is 1. The number of hydrogen-bond donors (Lipinski definition) is 1. The monoisotopic (exact) mass is 466 g/mol. The van der Waals surface area contributed by atoms with Crippen LogP contribution in [-0.2, 0) is 17.8 Å². The molecule has 0 saturated heterocycles. The normalized spacial score (nSPS) is 27.8. The van der Waals surface area contributed by atoms with Crippen molar-refractivity contribution < 1.29 is 4.79 Å². The molecule has 0 radical (unpaired) electrons. The summed E-state index contributed by atoms with van der Waals surface area (Å²) in [4.78, 5) is 13.6. The molecule has 1 heterocycles. The molecule has 5 nitrogen and oxygen atoms in total. The molecule has 4 aliphatic rings. The fourth-order valence-electron chi connectivity index (χ4n) is 7.10. The van der Waals surface area contributed by atoms with E-state index in [1.807, 2.05) is 0 Å². The van der Waals surface area contributed by atoms with Crippen LogP contribution in [0.15, 0.2) is 23.4 Å². The molecule has 6 heteroatoms. The number of aryl methyl sites for hydroxylation is 2. The Balaban J connectivity index is 1.40. The maximum Gasteiger partial charge on any atom is 0.226 e. The van der Waals surface area contributed by atoms with Crippen LogP contribution in [0.3, 0.4) is 0 Å². The molecule has 0 unspecified atom stereocenters. The second-order valence-corrected chi connectivity index (χ2v) is 11.8. The average Bonchev–Trinajstić information content (AvgIpc) is 3.18. The number of para-hydroxylation sites is 1. The second kappa shape index (κ2) is 9.44. The zero-order valence-electron chi connectivity index (χ0n) is 20.4. The van der Waals surface area contributed by atoms with Crippen molar-refractivity contribution in [3.8, 4) is 5.69 Å². The van der Waals surface area contributed by atoms with E-state index in [2.05, 4.69) is 59.1 Å². The van der Waals surface area contributed by atoms with Crippen molar-refractivity contribution in [3.05, 3.63) is 35.2 Å². The van der Waals surface area contributed by atoms with E-state index in [-0.39, 0.29) is 11.3 Å². The number of carbonyl (C=O) groups is 1. The van der Waals surface area contributed by atoms with Gasteiger partial charge >= 0.3 is 0 Å². The van der Waals surface area contributed by atoms with E-state index in [9.17, 15) is 4.79 Å². The van der Waals surface area contributed by atoms with Crippen molar-refractivity contribution >= 4 is 17.7 Å². The maximum atomic E-state index is 13.6. The molecule has 4 saturated carbocycles. The van der Waals surface area contributed by atoms with Gasteiger partial charge in [-0.1, -0.05) is 50.2 Å². The fraction of sp³-hybridized carbons (Fsp3) is 0.667. The minimum absolute atomic E-state index is 0.129. The van der Waals surface area contributed by atoms with Gasteiger partial charge in [-0.2, -0.15) is 0 Å². The zero-order chi connectivity index (χ0) is 23.0. The highest BCUT2D eigenvalue weighted by molar-refractivity contribution is 7.99. The van der Waals surface area contributed by atoms with Crippen LogP contribution in [0.4, 0.5) is 0 Å². The van der Waals surface area contributed by atoms with Gasteiger partial charge in [-0.05, 0) is 87.2 Å². The summed E-state index contributed by atoms with van der Waals surface area (Å²) in [6, 6.07) is 6.48. The number of nitrogens with zero attached hydrogens (tertiary/aromatic N) is 3. The van der Waals surface area contributed by atoms with E-state index in [0.29, 0.717) is 6.54 Å². The Hall–Kier alpha value is -1.82. The molecule has 33 heavy (non-hydrogen) atoms. The predicted octanol–water partition coefficient (Wildman–Crippen LogP) is 5.86. The van der Waals surface area contributed by atoms with Crippen LogP contribution < -0.4 is 5.32 Å². The van der Waals surface area contributed by atoms with E-state index >= 15 is 0 Å². The topological polar surface area (TPSA) is 59.8 Å². The highest BCUT2D eigenvalue weighted by Gasteiger charge is 2.54. The smallest absolute Gasteiger partial charge is 0.226 e. The van der Waals surface area contributed by atoms with Crippen LogP contribution in [0, 0.1) is 30.1 Å². The molecule has 6 rings (SSSR count). The number of benzene rings is 1. The summed E-state index contributed by atoms with van der Waals surface area (Å²) >= 11 is 1.77. The molecular formula is C27H38N4OS. The van der Waals surface area contributed by atoms with E-state index < -0.39 is 0 Å². The lowest BCUT2D eigenvalue weighted by atomic mass is 9.49. The first kappa shape index (κ1) is 22.9. The molecule has 1 amide bonds. The molecule has 4 bridgehead atoms. The van der Waals surface area contributed by atoms with Crippen molar-refractivity contribution in [1.82, 2.24) is 20.1 Å². The van der Waals surface area contributed by atoms with Crippen molar-refractivity contribution in [3.63, 3.8) is 0 Å². The summed E-state index contributed by atoms with van der Waals surface area (Å²) in [7, 11) is 0. The Morgan fingerprint density at radius 1 is 1.12 bits per heavy atom. The molecule has 1 aromatic heterocycles. The zero-order valence-corrected chi connectivity index (χ0v) is 21.2. The number of hydrogen-bond acceptors (Lipinski definition) is 4. The molecule has 0 aliphatic heterocycles. The predicted molar refractivity (Wildman–Crippen MR) is 134 cm³/mol. The number of amides is 1. The van der Waals surface area contributed by atoms with Gasteiger partial charge in [-0.25, -0.2) is 0 Å². The third-order valence-corrected chi connectivity index (χ3v) is 9.30. The van der Waals surface area contributed by atoms with Gasteiger partial charge in [0.15, 0.2) is 11.0 Å². The summed E-state index contributed by atoms with van der Waals surface area (Å²) in [5.41, 5.74) is 3.57. The standard InChI is InChI=1S/C27H38N4OS/c1-4-6-10-33-26-30-29-23(31(26)24-18(3)8-7-9-22(24)5-2)17-28-25(32)27-14-19-11-20(15-27)13-21(12-19)16-27/h7-9,19-21H,4-6,10-17H2,1-3H3,(H,28,32). The van der Waals surface area contributed by atoms with Crippen molar-refractivity contribution in [2.24, 2.45) is 23.2 Å². The van der Waals surface area contributed by atoms with E-state index in [4.69, 9.17) is 0 Å². The minimum atomic E-state index is -0.129.